The average molecular weight is 428 g/mol. The minimum Gasteiger partial charge on any atom is -0.369 e. The fourth-order valence-electron chi connectivity index (χ4n) is 3.79. The zero-order chi connectivity index (χ0) is 22.2. The number of hydrogen-bond donors (Lipinski definition) is 0. The Labute approximate surface area is 189 Å². The Kier molecular flexibility index (Phi) is 7.54. The first kappa shape index (κ1) is 22.1. The molecule has 164 valence electrons. The second kappa shape index (κ2) is 10.9. The average Bonchev–Trinajstić information content (AvgIpc) is 2.85. The van der Waals surface area contributed by atoms with Gasteiger partial charge in [-0.2, -0.15) is 0 Å². The van der Waals surface area contributed by atoms with Crippen molar-refractivity contribution in [1.82, 2.24) is 4.98 Å². The van der Waals surface area contributed by atoms with Crippen LogP contribution in [0, 0.1) is 0 Å². The Morgan fingerprint density at radius 2 is 1.03 bits per heavy atom. The van der Waals surface area contributed by atoms with Gasteiger partial charge in [0.15, 0.2) is 0 Å². The summed E-state index contributed by atoms with van der Waals surface area (Å²) in [6.07, 6.45) is -0.494. The van der Waals surface area contributed by atoms with Gasteiger partial charge >= 0.3 is 0 Å². The van der Waals surface area contributed by atoms with E-state index in [2.05, 4.69) is 24.3 Å². The molecule has 0 aliphatic carbocycles. The molecule has 0 fully saturated rings. The van der Waals surface area contributed by atoms with Gasteiger partial charge in [-0.3, -0.25) is 9.98 Å². The lowest BCUT2D eigenvalue weighted by Crippen LogP contribution is -2.20. The molecule has 0 amide bonds. The SMILES string of the molecule is CC1=NCCOC(c2ccccc2)C(c2ccccc2)OCCN=C(C)c2cccc1n2. The molecule has 0 saturated carbocycles. The largest absolute Gasteiger partial charge is 0.369 e. The number of aliphatic imine (C=N–C) groups is 2. The quantitative estimate of drug-likeness (QED) is 0.563. The number of nitrogens with zero attached hydrogens (tertiary/aromatic N) is 3. The molecule has 5 nitrogen and oxygen atoms in total. The van der Waals surface area contributed by atoms with E-state index in [0.717, 1.165) is 33.9 Å². The first-order valence-electron chi connectivity index (χ1n) is 11.1. The number of pyridine rings is 1. The molecule has 4 rings (SSSR count). The Morgan fingerprint density at radius 3 is 1.47 bits per heavy atom. The highest BCUT2D eigenvalue weighted by Gasteiger charge is 2.26. The summed E-state index contributed by atoms with van der Waals surface area (Å²) >= 11 is 0. The normalized spacial score (nSPS) is 20.4. The molecule has 2 atom stereocenters. The number of hydrogen-bond acceptors (Lipinski definition) is 5. The maximum atomic E-state index is 6.41. The monoisotopic (exact) mass is 427 g/mol. The Balaban J connectivity index is 1.68. The lowest BCUT2D eigenvalue weighted by Gasteiger charge is -2.28. The third-order valence-electron chi connectivity index (χ3n) is 5.50. The Morgan fingerprint density at radius 1 is 0.594 bits per heavy atom. The van der Waals surface area contributed by atoms with E-state index in [1.807, 2.05) is 68.4 Å². The maximum absolute atomic E-state index is 6.41. The van der Waals surface area contributed by atoms with E-state index >= 15 is 0 Å². The second-order valence-electron chi connectivity index (χ2n) is 7.75. The van der Waals surface area contributed by atoms with Crippen LogP contribution in [0.2, 0.25) is 0 Å². The molecule has 2 aromatic carbocycles. The van der Waals surface area contributed by atoms with Crippen molar-refractivity contribution in [2.45, 2.75) is 26.1 Å². The van der Waals surface area contributed by atoms with E-state index in [9.17, 15) is 0 Å². The van der Waals surface area contributed by atoms with Crippen LogP contribution >= 0.6 is 0 Å². The van der Waals surface area contributed by atoms with Crippen LogP contribution in [0.15, 0.2) is 88.8 Å². The second-order valence-corrected chi connectivity index (χ2v) is 7.75. The third kappa shape index (κ3) is 5.55. The van der Waals surface area contributed by atoms with Gasteiger partial charge in [-0.05, 0) is 37.1 Å². The van der Waals surface area contributed by atoms with E-state index in [-0.39, 0.29) is 12.2 Å². The van der Waals surface area contributed by atoms with Gasteiger partial charge in [0, 0.05) is 0 Å². The van der Waals surface area contributed by atoms with Crippen LogP contribution in [-0.4, -0.2) is 42.7 Å². The molecule has 2 unspecified atom stereocenters. The van der Waals surface area contributed by atoms with Gasteiger partial charge < -0.3 is 9.47 Å². The highest BCUT2D eigenvalue weighted by atomic mass is 16.5. The maximum Gasteiger partial charge on any atom is 0.113 e. The zero-order valence-electron chi connectivity index (χ0n) is 18.6. The molecule has 5 heteroatoms. The van der Waals surface area contributed by atoms with E-state index in [4.69, 9.17) is 24.4 Å². The van der Waals surface area contributed by atoms with Crippen molar-refractivity contribution in [3.05, 3.63) is 101 Å². The molecule has 2 heterocycles. The van der Waals surface area contributed by atoms with Gasteiger partial charge in [-0.25, -0.2) is 4.98 Å². The fraction of sp³-hybridized carbons (Fsp3) is 0.296. The predicted octanol–water partition coefficient (Wildman–Crippen LogP) is 5.23. The van der Waals surface area contributed by atoms with Crippen LogP contribution in [0.5, 0.6) is 0 Å². The van der Waals surface area contributed by atoms with Crippen LogP contribution in [0.1, 0.15) is 48.6 Å². The van der Waals surface area contributed by atoms with E-state index in [1.54, 1.807) is 0 Å². The summed E-state index contributed by atoms with van der Waals surface area (Å²) in [5.74, 6) is 0. The lowest BCUT2D eigenvalue weighted by molar-refractivity contribution is -0.0741. The van der Waals surface area contributed by atoms with E-state index < -0.39 is 0 Å². The lowest BCUT2D eigenvalue weighted by atomic mass is 9.98. The van der Waals surface area contributed by atoms with Crippen LogP contribution in [-0.2, 0) is 9.47 Å². The molecule has 2 bridgehead atoms. The fourth-order valence-corrected chi connectivity index (χ4v) is 3.79. The highest BCUT2D eigenvalue weighted by Crippen LogP contribution is 2.35. The van der Waals surface area contributed by atoms with Crippen LogP contribution < -0.4 is 0 Å². The summed E-state index contributed by atoms with van der Waals surface area (Å²) in [4.78, 5) is 14.1. The molecule has 0 N–H and O–H groups in total. The standard InChI is InChI=1S/C27H29N3O2/c1-20-24-14-9-15-25(30-24)21(2)29-17-19-32-27(23-12-7-4-8-13-23)26(31-18-16-28-20)22-10-5-3-6-11-22/h3-15,26-27H,16-19H2,1-2H3. The van der Waals surface area contributed by atoms with Crippen LogP contribution in [0.4, 0.5) is 0 Å². The first-order chi connectivity index (χ1) is 15.7. The van der Waals surface area contributed by atoms with Gasteiger partial charge in [-0.1, -0.05) is 66.7 Å². The predicted molar refractivity (Wildman–Crippen MR) is 129 cm³/mol. The van der Waals surface area contributed by atoms with Gasteiger partial charge in [0.1, 0.15) is 12.2 Å². The summed E-state index contributed by atoms with van der Waals surface area (Å²) < 4.78 is 12.8. The van der Waals surface area contributed by atoms with Gasteiger partial charge in [0.2, 0.25) is 0 Å². The van der Waals surface area contributed by atoms with Crippen molar-refractivity contribution in [1.29, 1.82) is 0 Å². The molecular formula is C27H29N3O2. The number of aromatic nitrogens is 1. The summed E-state index contributed by atoms with van der Waals surface area (Å²) in [6, 6.07) is 26.5. The Bertz CT molecular complexity index is 982. The minimum atomic E-state index is -0.247. The summed E-state index contributed by atoms with van der Waals surface area (Å²) in [5.41, 5.74) is 5.68. The first-order valence-corrected chi connectivity index (χ1v) is 11.1. The van der Waals surface area contributed by atoms with Gasteiger partial charge in [-0.15, -0.1) is 0 Å². The number of fused-ring (bicyclic) bond motifs is 2. The third-order valence-corrected chi connectivity index (χ3v) is 5.50. The topological polar surface area (TPSA) is 56.1 Å². The van der Waals surface area contributed by atoms with Gasteiger partial charge in [0.05, 0.1) is 49.1 Å². The van der Waals surface area contributed by atoms with Crippen molar-refractivity contribution < 1.29 is 9.47 Å². The molecule has 3 aromatic rings. The number of benzene rings is 2. The van der Waals surface area contributed by atoms with Crippen LogP contribution in [0.25, 0.3) is 0 Å². The zero-order valence-corrected chi connectivity index (χ0v) is 18.6. The summed E-state index contributed by atoms with van der Waals surface area (Å²) in [6.45, 7) is 6.05. The molecular weight excluding hydrogens is 398 g/mol. The summed E-state index contributed by atoms with van der Waals surface area (Å²) in [5, 5.41) is 0. The molecule has 1 aliphatic heterocycles. The smallest absolute Gasteiger partial charge is 0.113 e. The molecule has 32 heavy (non-hydrogen) atoms. The van der Waals surface area contributed by atoms with E-state index in [0.29, 0.717) is 26.3 Å². The van der Waals surface area contributed by atoms with Crippen molar-refractivity contribution >= 4 is 11.4 Å². The van der Waals surface area contributed by atoms with Crippen molar-refractivity contribution in [2.75, 3.05) is 26.3 Å². The molecule has 1 aliphatic rings. The van der Waals surface area contributed by atoms with E-state index in [1.165, 1.54) is 0 Å². The summed E-state index contributed by atoms with van der Waals surface area (Å²) in [7, 11) is 0. The molecule has 0 saturated heterocycles. The molecule has 0 radical (unpaired) electrons. The number of ether oxygens (including phenoxy) is 2. The van der Waals surface area contributed by atoms with Crippen molar-refractivity contribution in [3.63, 3.8) is 0 Å². The van der Waals surface area contributed by atoms with Crippen molar-refractivity contribution in [3.8, 4) is 0 Å². The highest BCUT2D eigenvalue weighted by molar-refractivity contribution is 6.00. The number of rotatable bonds is 2. The molecule has 1 aromatic heterocycles. The van der Waals surface area contributed by atoms with Gasteiger partial charge in [0.25, 0.3) is 0 Å². The van der Waals surface area contributed by atoms with Crippen molar-refractivity contribution in [2.24, 2.45) is 9.98 Å². The minimum absolute atomic E-state index is 0.247. The Hall–Kier alpha value is -3.15. The molecule has 0 spiro atoms. The van der Waals surface area contributed by atoms with Crippen LogP contribution in [0.3, 0.4) is 0 Å².